The third-order valence-corrected chi connectivity index (χ3v) is 10.9. The Balaban J connectivity index is 1.02. The van der Waals surface area contributed by atoms with Crippen LogP contribution in [-0.2, 0) is 0 Å². The van der Waals surface area contributed by atoms with Crippen LogP contribution >= 0.6 is 0 Å². The van der Waals surface area contributed by atoms with Crippen molar-refractivity contribution in [3.63, 3.8) is 0 Å². The van der Waals surface area contributed by atoms with Crippen LogP contribution in [0, 0.1) is 0 Å². The van der Waals surface area contributed by atoms with Gasteiger partial charge in [-0.2, -0.15) is 0 Å². The zero-order valence-electron chi connectivity index (χ0n) is 33.4. The highest BCUT2D eigenvalue weighted by Crippen LogP contribution is 2.32. The van der Waals surface area contributed by atoms with Crippen molar-refractivity contribution in [2.24, 2.45) is 0 Å². The number of rotatable bonds is 11. The molecule has 0 heterocycles. The van der Waals surface area contributed by atoms with E-state index < -0.39 is 0 Å². The zero-order chi connectivity index (χ0) is 40.4. The van der Waals surface area contributed by atoms with Crippen molar-refractivity contribution in [2.75, 3.05) is 0 Å². The highest BCUT2D eigenvalue weighted by Gasteiger charge is 2.09. The van der Waals surface area contributed by atoms with Gasteiger partial charge in [-0.15, -0.1) is 0 Å². The van der Waals surface area contributed by atoms with Gasteiger partial charge in [-0.3, -0.25) is 0 Å². The predicted molar refractivity (Wildman–Crippen MR) is 260 cm³/mol. The first kappa shape index (κ1) is 37.8. The topological polar surface area (TPSA) is 0 Å². The Morgan fingerprint density at radius 2 is 0.683 bits per heavy atom. The average Bonchev–Trinajstić information content (AvgIpc) is 3.33. The molecule has 0 atom stereocenters. The fourth-order valence-corrected chi connectivity index (χ4v) is 7.77. The first-order valence-electron chi connectivity index (χ1n) is 20.6. The van der Waals surface area contributed by atoms with E-state index in [-0.39, 0.29) is 0 Å². The highest BCUT2D eigenvalue weighted by atomic mass is 14.1. The van der Waals surface area contributed by atoms with Gasteiger partial charge in [0, 0.05) is 0 Å². The van der Waals surface area contributed by atoms with Gasteiger partial charge in [-0.25, -0.2) is 0 Å². The van der Waals surface area contributed by atoms with Crippen LogP contribution in [0.25, 0.3) is 69.5 Å². The Labute approximate surface area is 354 Å². The molecule has 9 rings (SSSR count). The van der Waals surface area contributed by atoms with Gasteiger partial charge in [0.1, 0.15) is 0 Å². The van der Waals surface area contributed by atoms with Crippen molar-refractivity contribution >= 4 is 58.4 Å². The Hall–Kier alpha value is -7.80. The maximum absolute atomic E-state index is 2.32. The molecule has 0 unspecified atom stereocenters. The van der Waals surface area contributed by atoms with Crippen LogP contribution in [0.3, 0.4) is 0 Å². The summed E-state index contributed by atoms with van der Waals surface area (Å²) in [6.45, 7) is 0. The lowest BCUT2D eigenvalue weighted by atomic mass is 9.94. The number of hydrogen-bond acceptors (Lipinski definition) is 0. The van der Waals surface area contributed by atoms with Gasteiger partial charge in [0.05, 0.1) is 0 Å². The summed E-state index contributed by atoms with van der Waals surface area (Å²) in [5.41, 5.74) is 16.6. The van der Waals surface area contributed by atoms with E-state index >= 15 is 0 Å². The molecule has 9 aromatic carbocycles. The van der Waals surface area contributed by atoms with E-state index in [4.69, 9.17) is 0 Å². The van der Waals surface area contributed by atoms with Crippen molar-refractivity contribution in [1.82, 2.24) is 0 Å². The summed E-state index contributed by atoms with van der Waals surface area (Å²) in [6, 6.07) is 82.1. The highest BCUT2D eigenvalue weighted by molar-refractivity contribution is 5.98. The minimum atomic E-state index is 1.15. The van der Waals surface area contributed by atoms with Crippen molar-refractivity contribution < 1.29 is 0 Å². The van der Waals surface area contributed by atoms with Crippen LogP contribution in [-0.4, -0.2) is 0 Å². The second-order valence-corrected chi connectivity index (χ2v) is 15.0. The molecule has 0 aromatic heterocycles. The van der Waals surface area contributed by atoms with Gasteiger partial charge in [0.25, 0.3) is 0 Å². The third-order valence-electron chi connectivity index (χ3n) is 10.9. The Morgan fingerprint density at radius 1 is 0.283 bits per heavy atom. The predicted octanol–water partition coefficient (Wildman–Crippen LogP) is 16.0. The molecule has 0 bridgehead atoms. The molecule has 0 nitrogen and oxygen atoms in total. The molecule has 0 fully saturated rings. The number of hydrogen-bond donors (Lipinski definition) is 0. The average molecular weight is 765 g/mol. The van der Waals surface area contributed by atoms with Gasteiger partial charge in [-0.05, 0) is 107 Å². The summed E-state index contributed by atoms with van der Waals surface area (Å²) in [5, 5.41) is 2.50. The van der Waals surface area contributed by atoms with E-state index in [9.17, 15) is 0 Å². The molecule has 0 N–H and O–H groups in total. The summed E-state index contributed by atoms with van der Waals surface area (Å²) in [5.74, 6) is 0. The number of fused-ring (bicyclic) bond motifs is 1. The molecule has 0 radical (unpaired) electrons. The monoisotopic (exact) mass is 764 g/mol. The van der Waals surface area contributed by atoms with Gasteiger partial charge in [-0.1, -0.05) is 249 Å². The summed E-state index contributed by atoms with van der Waals surface area (Å²) < 4.78 is 0. The van der Waals surface area contributed by atoms with Crippen LogP contribution < -0.4 is 0 Å². The first-order valence-corrected chi connectivity index (χ1v) is 20.6. The quantitative estimate of drug-likeness (QED) is 0.115. The largest absolute Gasteiger partial charge is 0.0622 e. The lowest BCUT2D eigenvalue weighted by molar-refractivity contribution is 1.55. The molecule has 0 spiro atoms. The Bertz CT molecular complexity index is 2860. The minimum Gasteiger partial charge on any atom is -0.0622 e. The molecular formula is C60H44. The van der Waals surface area contributed by atoms with Gasteiger partial charge in [0.15, 0.2) is 0 Å². The lowest BCUT2D eigenvalue weighted by Crippen LogP contribution is -1.88. The molecule has 0 saturated carbocycles. The molecule has 0 aliphatic rings. The Morgan fingerprint density at radius 3 is 1.17 bits per heavy atom. The SMILES string of the molecule is C(=Cc1ccc(-c2cccc3ccccc23)cc1C=Cc1ccc(C=C(c2ccccc2)c2ccccc2)cc1)c1ccc(C=C(c2ccccc2)c2ccccc2)cc1. The molecule has 0 saturated heterocycles. The van der Waals surface area contributed by atoms with Crippen LogP contribution in [0.4, 0.5) is 0 Å². The van der Waals surface area contributed by atoms with Crippen molar-refractivity contribution in [3.05, 3.63) is 286 Å². The maximum Gasteiger partial charge on any atom is -0.0105 e. The molecule has 284 valence electrons. The second-order valence-electron chi connectivity index (χ2n) is 15.0. The summed E-state index contributed by atoms with van der Waals surface area (Å²) in [4.78, 5) is 0. The summed E-state index contributed by atoms with van der Waals surface area (Å²) >= 11 is 0. The maximum atomic E-state index is 2.32. The van der Waals surface area contributed by atoms with Crippen LogP contribution in [0.1, 0.15) is 55.6 Å². The van der Waals surface area contributed by atoms with E-state index in [0.29, 0.717) is 0 Å². The molecule has 0 heteroatoms. The van der Waals surface area contributed by atoms with E-state index in [1.165, 1.54) is 55.3 Å². The van der Waals surface area contributed by atoms with Crippen molar-refractivity contribution in [2.45, 2.75) is 0 Å². The van der Waals surface area contributed by atoms with E-state index in [1.54, 1.807) is 0 Å². The van der Waals surface area contributed by atoms with Crippen molar-refractivity contribution in [1.29, 1.82) is 0 Å². The second kappa shape index (κ2) is 18.2. The third kappa shape index (κ3) is 9.00. The van der Waals surface area contributed by atoms with E-state index in [0.717, 1.165) is 33.4 Å². The normalized spacial score (nSPS) is 11.2. The van der Waals surface area contributed by atoms with E-state index in [2.05, 4.69) is 267 Å². The number of benzene rings is 9. The Kier molecular flexibility index (Phi) is 11.5. The van der Waals surface area contributed by atoms with Crippen LogP contribution in [0.5, 0.6) is 0 Å². The molecule has 60 heavy (non-hydrogen) atoms. The molecule has 0 aliphatic heterocycles. The molecular weight excluding hydrogens is 721 g/mol. The van der Waals surface area contributed by atoms with Crippen molar-refractivity contribution in [3.8, 4) is 11.1 Å². The standard InChI is InChI=1S/C60H44/c1-5-16-51(17-6-1)59(52-18-7-2-8-19-52)42-47-32-28-45(29-33-47)36-38-49-40-41-56(58-27-15-25-50-24-13-14-26-57(50)58)44-55(49)39-37-46-30-34-48(35-31-46)43-60(53-20-9-3-10-21-53)54-22-11-4-12-23-54/h1-44H. The summed E-state index contributed by atoms with van der Waals surface area (Å²) in [7, 11) is 0. The van der Waals surface area contributed by atoms with E-state index in [1.807, 2.05) is 0 Å². The smallest absolute Gasteiger partial charge is 0.0105 e. The minimum absolute atomic E-state index is 1.15. The fourth-order valence-electron chi connectivity index (χ4n) is 7.77. The molecule has 0 aliphatic carbocycles. The van der Waals surface area contributed by atoms with Crippen LogP contribution in [0.15, 0.2) is 231 Å². The van der Waals surface area contributed by atoms with Gasteiger partial charge >= 0.3 is 0 Å². The van der Waals surface area contributed by atoms with Gasteiger partial charge < -0.3 is 0 Å². The molecule has 0 amide bonds. The fraction of sp³-hybridized carbons (Fsp3) is 0. The lowest BCUT2D eigenvalue weighted by Gasteiger charge is -2.10. The van der Waals surface area contributed by atoms with Crippen LogP contribution in [0.2, 0.25) is 0 Å². The zero-order valence-corrected chi connectivity index (χ0v) is 33.4. The first-order chi connectivity index (χ1) is 29.7. The van der Waals surface area contributed by atoms with Gasteiger partial charge in [0.2, 0.25) is 0 Å². The summed E-state index contributed by atoms with van der Waals surface area (Å²) in [6.07, 6.45) is 13.5. The molecule has 9 aromatic rings.